The Hall–Kier alpha value is -3.28. The van der Waals surface area contributed by atoms with Crippen molar-refractivity contribution < 1.29 is 28.9 Å². The van der Waals surface area contributed by atoms with Gasteiger partial charge in [-0.25, -0.2) is 4.79 Å². The molecule has 2 aromatic carbocycles. The Bertz CT molecular complexity index is 811. The lowest BCUT2D eigenvalue weighted by molar-refractivity contribution is -0.142. The Morgan fingerprint density at radius 1 is 1.07 bits per heavy atom. The summed E-state index contributed by atoms with van der Waals surface area (Å²) in [5, 5.41) is 9.01. The van der Waals surface area contributed by atoms with E-state index in [1.165, 1.54) is 13.2 Å². The molecule has 142 valence electrons. The van der Waals surface area contributed by atoms with Gasteiger partial charge in [-0.3, -0.25) is 4.79 Å². The fourth-order valence-electron chi connectivity index (χ4n) is 2.40. The van der Waals surface area contributed by atoms with Gasteiger partial charge in [-0.05, 0) is 36.3 Å². The summed E-state index contributed by atoms with van der Waals surface area (Å²) in [6, 6.07) is 14.8. The van der Waals surface area contributed by atoms with Gasteiger partial charge in [0.25, 0.3) is 0 Å². The van der Waals surface area contributed by atoms with Crippen molar-refractivity contribution in [2.45, 2.75) is 20.0 Å². The van der Waals surface area contributed by atoms with Gasteiger partial charge in [0.15, 0.2) is 11.5 Å². The predicted octanol–water partition coefficient (Wildman–Crippen LogP) is 3.70. The fraction of sp³-hybridized carbons (Fsp3) is 0.238. The summed E-state index contributed by atoms with van der Waals surface area (Å²) in [4.78, 5) is 23.0. The van der Waals surface area contributed by atoms with E-state index in [2.05, 4.69) is 0 Å². The average Bonchev–Trinajstić information content (AvgIpc) is 2.67. The van der Waals surface area contributed by atoms with E-state index in [1.54, 1.807) is 25.1 Å². The van der Waals surface area contributed by atoms with E-state index in [0.717, 1.165) is 5.56 Å². The number of carbonyl (C=O) groups excluding carboxylic acids is 1. The summed E-state index contributed by atoms with van der Waals surface area (Å²) in [5.74, 6) is -0.722. The van der Waals surface area contributed by atoms with Crippen LogP contribution in [0.1, 0.15) is 24.5 Å². The second kappa shape index (κ2) is 10.0. The molecule has 2 rings (SSSR count). The molecule has 6 nitrogen and oxygen atoms in total. The van der Waals surface area contributed by atoms with E-state index in [9.17, 15) is 9.59 Å². The third-order valence-corrected chi connectivity index (χ3v) is 3.65. The number of rotatable bonds is 9. The Morgan fingerprint density at radius 2 is 1.81 bits per heavy atom. The number of carbonyl (C=O) groups is 2. The van der Waals surface area contributed by atoms with Crippen LogP contribution in [-0.2, 0) is 20.9 Å². The van der Waals surface area contributed by atoms with Crippen molar-refractivity contribution in [2.75, 3.05) is 13.7 Å². The SMILES string of the molecule is CCOC(=O)/C(=C/c1ccc(OCc2ccccc2)c(OC)c1)CC(=O)O. The quantitative estimate of drug-likeness (QED) is 0.535. The molecule has 0 atom stereocenters. The van der Waals surface area contributed by atoms with Crippen molar-refractivity contribution in [2.24, 2.45) is 0 Å². The second-order valence-corrected chi connectivity index (χ2v) is 5.65. The van der Waals surface area contributed by atoms with Gasteiger partial charge in [-0.15, -0.1) is 0 Å². The monoisotopic (exact) mass is 370 g/mol. The maximum Gasteiger partial charge on any atom is 0.334 e. The number of carboxylic acid groups (broad SMARTS) is 1. The first-order valence-electron chi connectivity index (χ1n) is 8.47. The number of carboxylic acids is 1. The smallest absolute Gasteiger partial charge is 0.334 e. The summed E-state index contributed by atoms with van der Waals surface area (Å²) in [6.45, 7) is 2.23. The zero-order chi connectivity index (χ0) is 19.6. The highest BCUT2D eigenvalue weighted by atomic mass is 16.5. The van der Waals surface area contributed by atoms with Gasteiger partial charge < -0.3 is 19.3 Å². The number of esters is 1. The fourth-order valence-corrected chi connectivity index (χ4v) is 2.40. The molecule has 0 heterocycles. The second-order valence-electron chi connectivity index (χ2n) is 5.65. The lowest BCUT2D eigenvalue weighted by atomic mass is 10.1. The molecular formula is C21H22O6. The van der Waals surface area contributed by atoms with Crippen molar-refractivity contribution in [3.8, 4) is 11.5 Å². The van der Waals surface area contributed by atoms with Crippen LogP contribution in [0.2, 0.25) is 0 Å². The molecule has 0 aliphatic heterocycles. The standard InChI is InChI=1S/C21H22O6/c1-3-26-21(24)17(13-20(22)23)11-16-9-10-18(19(12-16)25-2)27-14-15-7-5-4-6-8-15/h4-12H,3,13-14H2,1-2H3,(H,22,23)/b17-11+. The highest BCUT2D eigenvalue weighted by Gasteiger charge is 2.15. The number of methoxy groups -OCH3 is 1. The highest BCUT2D eigenvalue weighted by Crippen LogP contribution is 2.30. The molecule has 27 heavy (non-hydrogen) atoms. The molecule has 0 aliphatic carbocycles. The number of aliphatic carboxylic acids is 1. The molecule has 0 saturated carbocycles. The van der Waals surface area contributed by atoms with Gasteiger partial charge >= 0.3 is 11.9 Å². The normalized spacial score (nSPS) is 11.0. The van der Waals surface area contributed by atoms with E-state index < -0.39 is 18.4 Å². The molecule has 0 spiro atoms. The van der Waals surface area contributed by atoms with Crippen molar-refractivity contribution in [3.63, 3.8) is 0 Å². The summed E-state index contributed by atoms with van der Waals surface area (Å²) >= 11 is 0. The topological polar surface area (TPSA) is 82.1 Å². The number of hydrogen-bond acceptors (Lipinski definition) is 5. The zero-order valence-electron chi connectivity index (χ0n) is 15.3. The van der Waals surface area contributed by atoms with Gasteiger partial charge in [0.2, 0.25) is 0 Å². The summed E-state index contributed by atoms with van der Waals surface area (Å²) in [5.41, 5.74) is 1.70. The molecule has 1 N–H and O–H groups in total. The Labute approximate surface area is 158 Å². The van der Waals surface area contributed by atoms with Crippen LogP contribution in [0.5, 0.6) is 11.5 Å². The first-order valence-corrected chi connectivity index (χ1v) is 8.47. The van der Waals surface area contributed by atoms with Crippen molar-refractivity contribution in [1.29, 1.82) is 0 Å². The number of hydrogen-bond donors (Lipinski definition) is 1. The first kappa shape index (κ1) is 20.0. The third kappa shape index (κ3) is 6.18. The Morgan fingerprint density at radius 3 is 2.44 bits per heavy atom. The minimum Gasteiger partial charge on any atom is -0.493 e. The highest BCUT2D eigenvalue weighted by molar-refractivity contribution is 5.98. The van der Waals surface area contributed by atoms with E-state index >= 15 is 0 Å². The van der Waals surface area contributed by atoms with E-state index in [-0.39, 0.29) is 12.2 Å². The van der Waals surface area contributed by atoms with Crippen molar-refractivity contribution in [3.05, 3.63) is 65.2 Å². The summed E-state index contributed by atoms with van der Waals surface area (Å²) in [7, 11) is 1.52. The van der Waals surface area contributed by atoms with Gasteiger partial charge in [0.1, 0.15) is 6.61 Å². The van der Waals surface area contributed by atoms with Crippen LogP contribution in [-0.4, -0.2) is 30.8 Å². The molecule has 0 aromatic heterocycles. The van der Waals surface area contributed by atoms with Gasteiger partial charge in [-0.2, -0.15) is 0 Å². The van der Waals surface area contributed by atoms with Crippen LogP contribution in [0.4, 0.5) is 0 Å². The van der Waals surface area contributed by atoms with E-state index in [1.807, 2.05) is 30.3 Å². The van der Waals surface area contributed by atoms with Crippen molar-refractivity contribution in [1.82, 2.24) is 0 Å². The van der Waals surface area contributed by atoms with Crippen LogP contribution >= 0.6 is 0 Å². The molecule has 0 radical (unpaired) electrons. The molecule has 2 aromatic rings. The van der Waals surface area contributed by atoms with Gasteiger partial charge in [-0.1, -0.05) is 36.4 Å². The number of benzene rings is 2. The number of ether oxygens (including phenoxy) is 3. The van der Waals surface area contributed by atoms with E-state index in [4.69, 9.17) is 19.3 Å². The summed E-state index contributed by atoms with van der Waals surface area (Å²) < 4.78 is 16.1. The van der Waals surface area contributed by atoms with Gasteiger partial charge in [0.05, 0.1) is 20.1 Å². The Kier molecular flexibility index (Phi) is 7.43. The molecule has 0 aliphatic rings. The lowest BCUT2D eigenvalue weighted by Crippen LogP contribution is -2.11. The molecule has 0 unspecified atom stereocenters. The lowest BCUT2D eigenvalue weighted by Gasteiger charge is -2.12. The van der Waals surface area contributed by atoms with E-state index in [0.29, 0.717) is 23.7 Å². The Balaban J connectivity index is 2.21. The molecule has 0 fully saturated rings. The first-order chi connectivity index (χ1) is 13.0. The minimum absolute atomic E-state index is 0.0596. The maximum atomic E-state index is 12.0. The van der Waals surface area contributed by atoms with Crippen LogP contribution in [0.25, 0.3) is 6.08 Å². The minimum atomic E-state index is -1.11. The summed E-state index contributed by atoms with van der Waals surface area (Å²) in [6.07, 6.45) is 1.06. The molecule has 0 amide bonds. The zero-order valence-corrected chi connectivity index (χ0v) is 15.3. The largest absolute Gasteiger partial charge is 0.493 e. The van der Waals surface area contributed by atoms with Crippen LogP contribution in [0.15, 0.2) is 54.1 Å². The predicted molar refractivity (Wildman–Crippen MR) is 101 cm³/mol. The van der Waals surface area contributed by atoms with Crippen LogP contribution in [0.3, 0.4) is 0 Å². The molecule has 0 saturated heterocycles. The maximum absolute atomic E-state index is 12.0. The van der Waals surface area contributed by atoms with Crippen LogP contribution in [0, 0.1) is 0 Å². The third-order valence-electron chi connectivity index (χ3n) is 3.65. The molecular weight excluding hydrogens is 348 g/mol. The van der Waals surface area contributed by atoms with Crippen LogP contribution < -0.4 is 9.47 Å². The molecule has 6 heteroatoms. The van der Waals surface area contributed by atoms with Crippen molar-refractivity contribution >= 4 is 18.0 Å². The van der Waals surface area contributed by atoms with Gasteiger partial charge in [0, 0.05) is 5.57 Å². The molecule has 0 bridgehead atoms. The average molecular weight is 370 g/mol.